The first-order valence-electron chi connectivity index (χ1n) is 8.70. The van der Waals surface area contributed by atoms with E-state index >= 15 is 0 Å². The lowest BCUT2D eigenvalue weighted by Gasteiger charge is -2.35. The molecule has 2 aromatic rings. The average molecular weight is 343 g/mol. The standard InChI is InChI=1S/C18H22FN5O/c1-22-17(12-16(21-22)13-2-3-13)23-8-10-24(11-9-23)18(25)20-15-6-4-14(19)5-7-15/h4-7,12-13H,2-3,8-11H2,1H3,(H,20,25). The van der Waals surface area contributed by atoms with Crippen LogP contribution in [0.15, 0.2) is 30.3 Å². The van der Waals surface area contributed by atoms with Gasteiger partial charge in [-0.15, -0.1) is 0 Å². The number of piperazine rings is 1. The van der Waals surface area contributed by atoms with Gasteiger partial charge < -0.3 is 15.1 Å². The Balaban J connectivity index is 1.34. The Hall–Kier alpha value is -2.57. The quantitative estimate of drug-likeness (QED) is 0.932. The van der Waals surface area contributed by atoms with Crippen molar-refractivity contribution in [2.45, 2.75) is 18.8 Å². The summed E-state index contributed by atoms with van der Waals surface area (Å²) in [5.41, 5.74) is 1.79. The molecule has 7 heteroatoms. The molecule has 1 N–H and O–H groups in total. The minimum absolute atomic E-state index is 0.144. The second kappa shape index (κ2) is 6.38. The van der Waals surface area contributed by atoms with Gasteiger partial charge in [0, 0.05) is 50.9 Å². The SMILES string of the molecule is Cn1nc(C2CC2)cc1N1CCN(C(=O)Nc2ccc(F)cc2)CC1. The molecule has 0 atom stereocenters. The molecule has 1 aliphatic heterocycles. The van der Waals surface area contributed by atoms with Crippen LogP contribution in [0.3, 0.4) is 0 Å². The molecule has 1 aromatic heterocycles. The third kappa shape index (κ3) is 3.45. The number of carbonyl (C=O) groups excluding carboxylic acids is 1. The van der Waals surface area contributed by atoms with E-state index in [1.54, 1.807) is 17.0 Å². The first-order valence-corrected chi connectivity index (χ1v) is 8.70. The molecule has 4 rings (SSSR count). The highest BCUT2D eigenvalue weighted by atomic mass is 19.1. The number of urea groups is 1. The molecular formula is C18H22FN5O. The topological polar surface area (TPSA) is 53.4 Å². The third-order valence-corrected chi connectivity index (χ3v) is 4.86. The Labute approximate surface area is 146 Å². The lowest BCUT2D eigenvalue weighted by atomic mass is 10.2. The molecule has 0 radical (unpaired) electrons. The van der Waals surface area contributed by atoms with Crippen LogP contribution in [-0.2, 0) is 7.05 Å². The average Bonchev–Trinajstić information content (AvgIpc) is 3.40. The van der Waals surface area contributed by atoms with Crippen molar-refractivity contribution in [1.29, 1.82) is 0 Å². The minimum Gasteiger partial charge on any atom is -0.353 e. The van der Waals surface area contributed by atoms with Gasteiger partial charge >= 0.3 is 6.03 Å². The molecule has 6 nitrogen and oxygen atoms in total. The number of aryl methyl sites for hydroxylation is 1. The highest BCUT2D eigenvalue weighted by Crippen LogP contribution is 2.40. The zero-order valence-corrected chi connectivity index (χ0v) is 14.3. The van der Waals surface area contributed by atoms with Crippen molar-refractivity contribution < 1.29 is 9.18 Å². The van der Waals surface area contributed by atoms with Crippen molar-refractivity contribution in [2.75, 3.05) is 36.4 Å². The summed E-state index contributed by atoms with van der Waals surface area (Å²) >= 11 is 0. The van der Waals surface area contributed by atoms with Crippen LogP contribution in [0, 0.1) is 5.82 Å². The predicted molar refractivity (Wildman–Crippen MR) is 94.4 cm³/mol. The molecule has 0 bridgehead atoms. The maximum absolute atomic E-state index is 12.9. The van der Waals surface area contributed by atoms with E-state index in [1.165, 1.54) is 30.7 Å². The van der Waals surface area contributed by atoms with Crippen LogP contribution in [-0.4, -0.2) is 46.9 Å². The van der Waals surface area contributed by atoms with Crippen LogP contribution in [0.2, 0.25) is 0 Å². The Morgan fingerprint density at radius 1 is 1.16 bits per heavy atom. The van der Waals surface area contributed by atoms with Crippen LogP contribution < -0.4 is 10.2 Å². The largest absolute Gasteiger partial charge is 0.353 e. The predicted octanol–water partition coefficient (Wildman–Crippen LogP) is 2.79. The number of rotatable bonds is 3. The van der Waals surface area contributed by atoms with E-state index in [9.17, 15) is 9.18 Å². The van der Waals surface area contributed by atoms with Gasteiger partial charge in [0.1, 0.15) is 11.6 Å². The summed E-state index contributed by atoms with van der Waals surface area (Å²) in [6.45, 7) is 2.86. The molecule has 2 fully saturated rings. The summed E-state index contributed by atoms with van der Waals surface area (Å²) in [7, 11) is 1.98. The van der Waals surface area contributed by atoms with Gasteiger partial charge in [-0.05, 0) is 37.1 Å². The van der Waals surface area contributed by atoms with E-state index in [2.05, 4.69) is 21.4 Å². The molecular weight excluding hydrogens is 321 g/mol. The highest BCUT2D eigenvalue weighted by Gasteiger charge is 2.29. The second-order valence-corrected chi connectivity index (χ2v) is 6.74. The van der Waals surface area contributed by atoms with Crippen molar-refractivity contribution in [3.63, 3.8) is 0 Å². The Morgan fingerprint density at radius 2 is 1.84 bits per heavy atom. The zero-order chi connectivity index (χ0) is 17.4. The Morgan fingerprint density at radius 3 is 2.48 bits per heavy atom. The molecule has 132 valence electrons. The highest BCUT2D eigenvalue weighted by molar-refractivity contribution is 5.89. The number of nitrogens with zero attached hydrogens (tertiary/aromatic N) is 4. The molecule has 1 aliphatic carbocycles. The normalized spacial score (nSPS) is 17.7. The molecule has 1 saturated heterocycles. The maximum Gasteiger partial charge on any atom is 0.321 e. The van der Waals surface area contributed by atoms with E-state index in [0.29, 0.717) is 24.7 Å². The minimum atomic E-state index is -0.312. The molecule has 1 saturated carbocycles. The van der Waals surface area contributed by atoms with Crippen LogP contribution in [0.4, 0.5) is 20.7 Å². The first-order chi connectivity index (χ1) is 12.1. The fourth-order valence-corrected chi connectivity index (χ4v) is 3.23. The van der Waals surface area contributed by atoms with Crippen molar-refractivity contribution in [1.82, 2.24) is 14.7 Å². The summed E-state index contributed by atoms with van der Waals surface area (Å²) < 4.78 is 14.9. The smallest absolute Gasteiger partial charge is 0.321 e. The summed E-state index contributed by atoms with van der Waals surface area (Å²) in [4.78, 5) is 16.4. The molecule has 1 aromatic carbocycles. The van der Waals surface area contributed by atoms with E-state index in [1.807, 2.05) is 11.7 Å². The lowest BCUT2D eigenvalue weighted by molar-refractivity contribution is 0.208. The van der Waals surface area contributed by atoms with E-state index in [-0.39, 0.29) is 11.8 Å². The van der Waals surface area contributed by atoms with E-state index in [0.717, 1.165) is 18.9 Å². The van der Waals surface area contributed by atoms with Crippen molar-refractivity contribution in [3.8, 4) is 0 Å². The van der Waals surface area contributed by atoms with Crippen LogP contribution in [0.25, 0.3) is 0 Å². The Kier molecular flexibility index (Phi) is 4.07. The zero-order valence-electron chi connectivity index (χ0n) is 14.3. The fourth-order valence-electron chi connectivity index (χ4n) is 3.23. The Bertz CT molecular complexity index is 760. The van der Waals surface area contributed by atoms with Crippen LogP contribution in [0.5, 0.6) is 0 Å². The summed E-state index contributed by atoms with van der Waals surface area (Å²) in [6, 6.07) is 7.86. The van der Waals surface area contributed by atoms with Gasteiger partial charge in [0.05, 0.1) is 5.69 Å². The van der Waals surface area contributed by atoms with Crippen molar-refractivity contribution >= 4 is 17.5 Å². The molecule has 0 unspecified atom stereocenters. The number of carbonyl (C=O) groups is 1. The fraction of sp³-hybridized carbons (Fsp3) is 0.444. The second-order valence-electron chi connectivity index (χ2n) is 6.74. The monoisotopic (exact) mass is 343 g/mol. The van der Waals surface area contributed by atoms with Gasteiger partial charge in [-0.1, -0.05) is 0 Å². The number of hydrogen-bond donors (Lipinski definition) is 1. The summed E-state index contributed by atoms with van der Waals surface area (Å²) in [6.07, 6.45) is 2.49. The molecule has 0 spiro atoms. The molecule has 2 aliphatic rings. The van der Waals surface area contributed by atoms with Gasteiger partial charge in [-0.25, -0.2) is 9.18 Å². The first kappa shape index (κ1) is 15.9. The number of amides is 2. The van der Waals surface area contributed by atoms with Crippen molar-refractivity contribution in [3.05, 3.63) is 41.8 Å². The van der Waals surface area contributed by atoms with Crippen LogP contribution >= 0.6 is 0 Å². The molecule has 25 heavy (non-hydrogen) atoms. The van der Waals surface area contributed by atoms with E-state index in [4.69, 9.17) is 0 Å². The number of hydrogen-bond acceptors (Lipinski definition) is 3. The van der Waals surface area contributed by atoms with Gasteiger partial charge in [-0.2, -0.15) is 5.10 Å². The molecule has 2 amide bonds. The van der Waals surface area contributed by atoms with Gasteiger partial charge in [0.2, 0.25) is 0 Å². The van der Waals surface area contributed by atoms with Crippen molar-refractivity contribution in [2.24, 2.45) is 7.05 Å². The van der Waals surface area contributed by atoms with Crippen LogP contribution in [0.1, 0.15) is 24.5 Å². The maximum atomic E-state index is 12.9. The number of benzene rings is 1. The number of anilines is 2. The van der Waals surface area contributed by atoms with E-state index < -0.39 is 0 Å². The molecule has 2 heterocycles. The number of halogens is 1. The summed E-state index contributed by atoms with van der Waals surface area (Å²) in [5, 5.41) is 7.43. The number of nitrogens with one attached hydrogen (secondary N) is 1. The van der Waals surface area contributed by atoms with Gasteiger partial charge in [0.15, 0.2) is 0 Å². The summed E-state index contributed by atoms with van der Waals surface area (Å²) in [5.74, 6) is 1.46. The van der Waals surface area contributed by atoms with Gasteiger partial charge in [-0.3, -0.25) is 4.68 Å². The van der Waals surface area contributed by atoms with Gasteiger partial charge in [0.25, 0.3) is 0 Å². The lowest BCUT2D eigenvalue weighted by Crippen LogP contribution is -2.50. The third-order valence-electron chi connectivity index (χ3n) is 4.86. The number of aromatic nitrogens is 2.